The smallest absolute Gasteiger partial charge is 0.119 e. The molecular formula is C14H22N2O. The lowest BCUT2D eigenvalue weighted by Gasteiger charge is -2.30. The predicted molar refractivity (Wildman–Crippen MR) is 70.6 cm³/mol. The number of hydrogen-bond acceptors (Lipinski definition) is 3. The van der Waals surface area contributed by atoms with Crippen LogP contribution in [0.25, 0.3) is 0 Å². The number of hydrogen-bond donors (Lipinski definition) is 1. The number of rotatable bonds is 4. The van der Waals surface area contributed by atoms with Crippen LogP contribution in [0.4, 0.5) is 0 Å². The van der Waals surface area contributed by atoms with Gasteiger partial charge >= 0.3 is 0 Å². The van der Waals surface area contributed by atoms with Crippen molar-refractivity contribution < 1.29 is 4.74 Å². The second kappa shape index (κ2) is 6.03. The summed E-state index contributed by atoms with van der Waals surface area (Å²) in [5.41, 5.74) is 1.36. The predicted octanol–water partition coefficient (Wildman–Crippen LogP) is 1.53. The maximum Gasteiger partial charge on any atom is 0.119 e. The highest BCUT2D eigenvalue weighted by molar-refractivity contribution is 5.28. The van der Waals surface area contributed by atoms with Gasteiger partial charge < -0.3 is 15.0 Å². The number of nitrogens with zero attached hydrogens (tertiary/aromatic N) is 1. The van der Waals surface area contributed by atoms with Crippen LogP contribution in [0.15, 0.2) is 24.3 Å². The lowest BCUT2D eigenvalue weighted by atomic mass is 10.0. The van der Waals surface area contributed by atoms with E-state index in [4.69, 9.17) is 4.74 Å². The molecule has 1 fully saturated rings. The fraction of sp³-hybridized carbons (Fsp3) is 0.571. The molecule has 0 spiro atoms. The first-order valence-corrected chi connectivity index (χ1v) is 6.33. The Morgan fingerprint density at radius 3 is 3.12 bits per heavy atom. The highest BCUT2D eigenvalue weighted by atomic mass is 16.5. The van der Waals surface area contributed by atoms with Crippen molar-refractivity contribution in [2.45, 2.75) is 18.9 Å². The Balaban J connectivity index is 1.84. The molecule has 2 rings (SSSR count). The number of ether oxygens (including phenoxy) is 1. The van der Waals surface area contributed by atoms with Crippen LogP contribution in [-0.4, -0.2) is 44.7 Å². The molecule has 1 aliphatic heterocycles. The average Bonchev–Trinajstić information content (AvgIpc) is 2.37. The Hall–Kier alpha value is -1.06. The molecule has 1 aromatic rings. The molecule has 17 heavy (non-hydrogen) atoms. The van der Waals surface area contributed by atoms with Crippen LogP contribution >= 0.6 is 0 Å². The maximum atomic E-state index is 5.24. The number of methoxy groups -OCH3 is 1. The van der Waals surface area contributed by atoms with Crippen molar-refractivity contribution in [3.8, 4) is 5.75 Å². The van der Waals surface area contributed by atoms with Gasteiger partial charge in [-0.05, 0) is 37.6 Å². The summed E-state index contributed by atoms with van der Waals surface area (Å²) in [6, 6.07) is 8.99. The van der Waals surface area contributed by atoms with Gasteiger partial charge in [-0.3, -0.25) is 0 Å². The van der Waals surface area contributed by atoms with Gasteiger partial charge in [0.15, 0.2) is 0 Å². The Labute approximate surface area is 104 Å². The average molecular weight is 234 g/mol. The lowest BCUT2D eigenvalue weighted by Crippen LogP contribution is -2.49. The fourth-order valence-electron chi connectivity index (χ4n) is 2.35. The highest BCUT2D eigenvalue weighted by Crippen LogP contribution is 2.15. The molecule has 0 amide bonds. The van der Waals surface area contributed by atoms with Crippen molar-refractivity contribution in [1.29, 1.82) is 0 Å². The summed E-state index contributed by atoms with van der Waals surface area (Å²) in [7, 11) is 3.91. The van der Waals surface area contributed by atoms with Crippen LogP contribution in [0.5, 0.6) is 5.75 Å². The molecule has 1 atom stereocenters. The molecule has 3 nitrogen and oxygen atoms in total. The summed E-state index contributed by atoms with van der Waals surface area (Å²) in [5, 5.41) is 3.58. The summed E-state index contributed by atoms with van der Waals surface area (Å²) in [5.74, 6) is 0.955. The first-order chi connectivity index (χ1) is 8.28. The zero-order valence-electron chi connectivity index (χ0n) is 10.8. The highest BCUT2D eigenvalue weighted by Gasteiger charge is 2.15. The van der Waals surface area contributed by atoms with E-state index < -0.39 is 0 Å². The maximum absolute atomic E-state index is 5.24. The van der Waals surface area contributed by atoms with Crippen LogP contribution in [-0.2, 0) is 6.42 Å². The van der Waals surface area contributed by atoms with Crippen LogP contribution in [0.3, 0.4) is 0 Å². The zero-order chi connectivity index (χ0) is 12.1. The van der Waals surface area contributed by atoms with Crippen molar-refractivity contribution in [3.05, 3.63) is 29.8 Å². The molecule has 0 aromatic heterocycles. The Morgan fingerprint density at radius 1 is 1.47 bits per heavy atom. The van der Waals surface area contributed by atoms with Gasteiger partial charge in [0, 0.05) is 25.7 Å². The van der Waals surface area contributed by atoms with E-state index in [9.17, 15) is 0 Å². The van der Waals surface area contributed by atoms with Crippen molar-refractivity contribution in [3.63, 3.8) is 0 Å². The summed E-state index contributed by atoms with van der Waals surface area (Å²) >= 11 is 0. The van der Waals surface area contributed by atoms with Gasteiger partial charge in [-0.2, -0.15) is 0 Å². The van der Waals surface area contributed by atoms with Crippen LogP contribution in [0.1, 0.15) is 12.0 Å². The van der Waals surface area contributed by atoms with Gasteiger partial charge in [0.1, 0.15) is 5.75 Å². The van der Waals surface area contributed by atoms with E-state index >= 15 is 0 Å². The number of piperazine rings is 1. The molecule has 1 unspecified atom stereocenters. The van der Waals surface area contributed by atoms with E-state index in [-0.39, 0.29) is 0 Å². The van der Waals surface area contributed by atoms with Crippen LogP contribution < -0.4 is 10.1 Å². The molecule has 0 aliphatic carbocycles. The third kappa shape index (κ3) is 3.72. The summed E-state index contributed by atoms with van der Waals surface area (Å²) < 4.78 is 5.24. The molecule has 1 N–H and O–H groups in total. The second-order valence-electron chi connectivity index (χ2n) is 4.80. The molecule has 1 saturated heterocycles. The van der Waals surface area contributed by atoms with Gasteiger partial charge in [-0.1, -0.05) is 12.1 Å². The molecule has 1 heterocycles. The minimum absolute atomic E-state index is 0.625. The third-order valence-corrected chi connectivity index (χ3v) is 3.37. The van der Waals surface area contributed by atoms with E-state index in [0.29, 0.717) is 6.04 Å². The lowest BCUT2D eigenvalue weighted by molar-refractivity contribution is 0.232. The Bertz CT molecular complexity index is 354. The zero-order valence-corrected chi connectivity index (χ0v) is 10.8. The molecule has 1 aromatic carbocycles. The van der Waals surface area contributed by atoms with Gasteiger partial charge in [-0.15, -0.1) is 0 Å². The second-order valence-corrected chi connectivity index (χ2v) is 4.80. The van der Waals surface area contributed by atoms with Crippen LogP contribution in [0.2, 0.25) is 0 Å². The van der Waals surface area contributed by atoms with E-state index in [1.807, 2.05) is 6.07 Å². The molecule has 0 saturated carbocycles. The Morgan fingerprint density at radius 2 is 2.35 bits per heavy atom. The molecule has 3 heteroatoms. The van der Waals surface area contributed by atoms with Crippen LogP contribution in [0, 0.1) is 0 Å². The summed E-state index contributed by atoms with van der Waals surface area (Å²) in [6.07, 6.45) is 2.31. The minimum atomic E-state index is 0.625. The van der Waals surface area contributed by atoms with E-state index in [0.717, 1.165) is 31.8 Å². The third-order valence-electron chi connectivity index (χ3n) is 3.37. The SMILES string of the molecule is COc1cccc(CCC2CN(C)CCN2)c1. The Kier molecular flexibility index (Phi) is 4.40. The fourth-order valence-corrected chi connectivity index (χ4v) is 2.35. The van der Waals surface area contributed by atoms with Crippen molar-refractivity contribution >= 4 is 0 Å². The monoisotopic (exact) mass is 234 g/mol. The molecule has 94 valence electrons. The first-order valence-electron chi connectivity index (χ1n) is 6.33. The molecule has 0 bridgehead atoms. The number of nitrogens with one attached hydrogen (secondary N) is 1. The number of aryl methyl sites for hydroxylation is 1. The normalized spacial score (nSPS) is 21.4. The minimum Gasteiger partial charge on any atom is -0.497 e. The largest absolute Gasteiger partial charge is 0.497 e. The number of benzene rings is 1. The van der Waals surface area contributed by atoms with Crippen molar-refractivity contribution in [2.24, 2.45) is 0 Å². The molecule has 1 aliphatic rings. The molecule has 0 radical (unpaired) electrons. The number of likely N-dealkylation sites (N-methyl/N-ethyl adjacent to an activating group) is 1. The van der Waals surface area contributed by atoms with Crippen molar-refractivity contribution in [2.75, 3.05) is 33.8 Å². The van der Waals surface area contributed by atoms with E-state index in [2.05, 4.69) is 35.5 Å². The summed E-state index contributed by atoms with van der Waals surface area (Å²) in [6.45, 7) is 3.43. The van der Waals surface area contributed by atoms with E-state index in [1.54, 1.807) is 7.11 Å². The van der Waals surface area contributed by atoms with Gasteiger partial charge in [0.25, 0.3) is 0 Å². The quantitative estimate of drug-likeness (QED) is 0.855. The topological polar surface area (TPSA) is 24.5 Å². The first kappa shape index (κ1) is 12.4. The van der Waals surface area contributed by atoms with Gasteiger partial charge in [0.05, 0.1) is 7.11 Å². The van der Waals surface area contributed by atoms with Crippen molar-refractivity contribution in [1.82, 2.24) is 10.2 Å². The summed E-state index contributed by atoms with van der Waals surface area (Å²) in [4.78, 5) is 2.40. The standard InChI is InChI=1S/C14H22N2O/c1-16-9-8-15-13(11-16)7-6-12-4-3-5-14(10-12)17-2/h3-5,10,13,15H,6-9,11H2,1-2H3. The van der Waals surface area contributed by atoms with E-state index in [1.165, 1.54) is 12.0 Å². The van der Waals surface area contributed by atoms with Gasteiger partial charge in [-0.25, -0.2) is 0 Å². The molecular weight excluding hydrogens is 212 g/mol. The van der Waals surface area contributed by atoms with Gasteiger partial charge in [0.2, 0.25) is 0 Å².